The van der Waals surface area contributed by atoms with Crippen LogP contribution in [0.1, 0.15) is 29.7 Å². The van der Waals surface area contributed by atoms with Crippen molar-refractivity contribution in [1.82, 2.24) is 0 Å². The van der Waals surface area contributed by atoms with Crippen molar-refractivity contribution < 1.29 is 9.52 Å². The molecule has 0 unspecified atom stereocenters. The third-order valence-corrected chi connectivity index (χ3v) is 3.65. The Morgan fingerprint density at radius 3 is 2.74 bits per heavy atom. The standard InChI is InChI=1S/C16H19NO2/c1-12-9-13(11-18)4-7-16(12)17(14-5-6-14)10-15-3-2-8-19-15/h2-4,7-9,14,18H,5-6,10-11H2,1H3. The SMILES string of the molecule is Cc1cc(CO)ccc1N(Cc1ccco1)C1CC1. The van der Waals surface area contributed by atoms with Crippen LogP contribution in [-0.4, -0.2) is 11.1 Å². The molecule has 1 aromatic carbocycles. The van der Waals surface area contributed by atoms with Crippen molar-refractivity contribution in [2.24, 2.45) is 0 Å². The summed E-state index contributed by atoms with van der Waals surface area (Å²) in [7, 11) is 0. The van der Waals surface area contributed by atoms with Gasteiger partial charge in [0.25, 0.3) is 0 Å². The quantitative estimate of drug-likeness (QED) is 0.893. The fraction of sp³-hybridized carbons (Fsp3) is 0.375. The van der Waals surface area contributed by atoms with Gasteiger partial charge in [-0.15, -0.1) is 0 Å². The van der Waals surface area contributed by atoms with Gasteiger partial charge in [0, 0.05) is 11.7 Å². The highest BCUT2D eigenvalue weighted by Gasteiger charge is 2.30. The highest BCUT2D eigenvalue weighted by atomic mass is 16.3. The molecule has 1 fully saturated rings. The van der Waals surface area contributed by atoms with Crippen LogP contribution in [0.25, 0.3) is 0 Å². The summed E-state index contributed by atoms with van der Waals surface area (Å²) in [4.78, 5) is 2.41. The minimum Gasteiger partial charge on any atom is -0.467 e. The van der Waals surface area contributed by atoms with Crippen LogP contribution in [0.4, 0.5) is 5.69 Å². The molecule has 0 radical (unpaired) electrons. The van der Waals surface area contributed by atoms with Crippen LogP contribution >= 0.6 is 0 Å². The Bertz CT molecular complexity index is 544. The fourth-order valence-electron chi connectivity index (χ4n) is 2.51. The monoisotopic (exact) mass is 257 g/mol. The maximum absolute atomic E-state index is 9.19. The van der Waals surface area contributed by atoms with Crippen LogP contribution in [0.3, 0.4) is 0 Å². The first-order valence-electron chi connectivity index (χ1n) is 6.77. The van der Waals surface area contributed by atoms with Crippen molar-refractivity contribution in [3.63, 3.8) is 0 Å². The van der Waals surface area contributed by atoms with E-state index in [1.807, 2.05) is 18.2 Å². The second kappa shape index (κ2) is 5.10. The molecule has 3 rings (SSSR count). The summed E-state index contributed by atoms with van der Waals surface area (Å²) in [6.07, 6.45) is 4.23. The summed E-state index contributed by atoms with van der Waals surface area (Å²) in [5, 5.41) is 9.19. The molecule has 0 bridgehead atoms. The minimum atomic E-state index is 0.0999. The molecule has 1 N–H and O–H groups in total. The molecule has 3 nitrogen and oxygen atoms in total. The minimum absolute atomic E-state index is 0.0999. The topological polar surface area (TPSA) is 36.6 Å². The first-order chi connectivity index (χ1) is 9.28. The van der Waals surface area contributed by atoms with Crippen LogP contribution in [0.15, 0.2) is 41.0 Å². The molecule has 0 amide bonds. The Morgan fingerprint density at radius 1 is 1.32 bits per heavy atom. The average molecular weight is 257 g/mol. The van der Waals surface area contributed by atoms with Crippen molar-refractivity contribution in [3.8, 4) is 0 Å². The van der Waals surface area contributed by atoms with E-state index in [2.05, 4.69) is 24.0 Å². The van der Waals surface area contributed by atoms with E-state index in [0.29, 0.717) is 6.04 Å². The highest BCUT2D eigenvalue weighted by Crippen LogP contribution is 2.35. The maximum Gasteiger partial charge on any atom is 0.123 e. The molecule has 1 saturated carbocycles. The Hall–Kier alpha value is -1.74. The van der Waals surface area contributed by atoms with Gasteiger partial charge in [0.15, 0.2) is 0 Å². The van der Waals surface area contributed by atoms with Crippen LogP contribution in [0.5, 0.6) is 0 Å². The summed E-state index contributed by atoms with van der Waals surface area (Å²) >= 11 is 0. The van der Waals surface area contributed by atoms with E-state index in [0.717, 1.165) is 17.9 Å². The summed E-state index contributed by atoms with van der Waals surface area (Å²) in [5.74, 6) is 0.998. The molecule has 0 spiro atoms. The van der Waals surface area contributed by atoms with Crippen molar-refractivity contribution in [2.75, 3.05) is 4.90 Å². The normalized spacial score (nSPS) is 14.6. The summed E-state index contributed by atoms with van der Waals surface area (Å²) in [6, 6.07) is 10.8. The molecule has 1 aliphatic carbocycles. The van der Waals surface area contributed by atoms with E-state index >= 15 is 0 Å². The van der Waals surface area contributed by atoms with Crippen LogP contribution < -0.4 is 4.90 Å². The molecular formula is C16H19NO2. The van der Waals surface area contributed by atoms with Gasteiger partial charge in [0.2, 0.25) is 0 Å². The second-order valence-corrected chi connectivity index (χ2v) is 5.22. The summed E-state index contributed by atoms with van der Waals surface area (Å²) < 4.78 is 5.47. The first-order valence-corrected chi connectivity index (χ1v) is 6.77. The highest BCUT2D eigenvalue weighted by molar-refractivity contribution is 5.56. The molecule has 0 atom stereocenters. The van der Waals surface area contributed by atoms with Crippen molar-refractivity contribution in [1.29, 1.82) is 0 Å². The summed E-state index contributed by atoms with van der Waals surface area (Å²) in [6.45, 7) is 3.02. The number of aryl methyl sites for hydroxylation is 1. The third-order valence-electron chi connectivity index (χ3n) is 3.65. The Morgan fingerprint density at radius 2 is 2.16 bits per heavy atom. The average Bonchev–Trinajstić information content (AvgIpc) is 3.14. The fourth-order valence-corrected chi connectivity index (χ4v) is 2.51. The molecular weight excluding hydrogens is 238 g/mol. The van der Waals surface area contributed by atoms with Gasteiger partial charge in [-0.25, -0.2) is 0 Å². The Kier molecular flexibility index (Phi) is 3.30. The van der Waals surface area contributed by atoms with E-state index in [-0.39, 0.29) is 6.61 Å². The largest absolute Gasteiger partial charge is 0.467 e. The van der Waals surface area contributed by atoms with Crippen molar-refractivity contribution in [2.45, 2.75) is 39.0 Å². The van der Waals surface area contributed by atoms with Gasteiger partial charge < -0.3 is 14.4 Å². The number of rotatable bonds is 5. The van der Waals surface area contributed by atoms with Crippen LogP contribution in [0, 0.1) is 6.92 Å². The zero-order valence-corrected chi connectivity index (χ0v) is 11.2. The second-order valence-electron chi connectivity index (χ2n) is 5.22. The number of nitrogens with zero attached hydrogens (tertiary/aromatic N) is 1. The van der Waals surface area contributed by atoms with Gasteiger partial charge in [-0.2, -0.15) is 0 Å². The van der Waals surface area contributed by atoms with E-state index in [1.54, 1.807) is 6.26 Å². The summed E-state index contributed by atoms with van der Waals surface area (Å²) in [5.41, 5.74) is 3.43. The predicted molar refractivity (Wildman–Crippen MR) is 75.0 cm³/mol. The lowest BCUT2D eigenvalue weighted by Crippen LogP contribution is -2.25. The lowest BCUT2D eigenvalue weighted by Gasteiger charge is -2.25. The number of hydrogen-bond donors (Lipinski definition) is 1. The van der Waals surface area contributed by atoms with Crippen LogP contribution in [-0.2, 0) is 13.2 Å². The number of anilines is 1. The van der Waals surface area contributed by atoms with Gasteiger partial charge in [0.05, 0.1) is 19.4 Å². The van der Waals surface area contributed by atoms with E-state index in [4.69, 9.17) is 4.42 Å². The number of hydrogen-bond acceptors (Lipinski definition) is 3. The molecule has 19 heavy (non-hydrogen) atoms. The van der Waals surface area contributed by atoms with E-state index in [9.17, 15) is 5.11 Å². The number of aliphatic hydroxyl groups excluding tert-OH is 1. The third kappa shape index (κ3) is 2.66. The number of aliphatic hydroxyl groups is 1. The van der Waals surface area contributed by atoms with Gasteiger partial charge in [-0.05, 0) is 49.1 Å². The van der Waals surface area contributed by atoms with Crippen molar-refractivity contribution in [3.05, 3.63) is 53.5 Å². The molecule has 1 heterocycles. The molecule has 3 heteroatoms. The molecule has 0 saturated heterocycles. The van der Waals surface area contributed by atoms with Gasteiger partial charge >= 0.3 is 0 Å². The molecule has 0 aliphatic heterocycles. The number of furan rings is 1. The van der Waals surface area contributed by atoms with Gasteiger partial charge in [-0.3, -0.25) is 0 Å². The van der Waals surface area contributed by atoms with E-state index < -0.39 is 0 Å². The van der Waals surface area contributed by atoms with Crippen molar-refractivity contribution >= 4 is 5.69 Å². The molecule has 2 aromatic rings. The number of benzene rings is 1. The lowest BCUT2D eigenvalue weighted by molar-refractivity contribution is 0.282. The maximum atomic E-state index is 9.19. The molecule has 1 aliphatic rings. The lowest BCUT2D eigenvalue weighted by atomic mass is 10.1. The van der Waals surface area contributed by atoms with Gasteiger partial charge in [0.1, 0.15) is 5.76 Å². The zero-order chi connectivity index (χ0) is 13.2. The zero-order valence-electron chi connectivity index (χ0n) is 11.2. The molecule has 100 valence electrons. The Balaban J connectivity index is 1.87. The Labute approximate surface area is 113 Å². The van der Waals surface area contributed by atoms with Crippen LogP contribution in [0.2, 0.25) is 0 Å². The van der Waals surface area contributed by atoms with E-state index in [1.165, 1.54) is 24.1 Å². The van der Waals surface area contributed by atoms with Gasteiger partial charge in [-0.1, -0.05) is 12.1 Å². The first kappa shape index (κ1) is 12.3. The predicted octanol–water partition coefficient (Wildman–Crippen LogP) is 3.25. The smallest absolute Gasteiger partial charge is 0.123 e. The molecule has 1 aromatic heterocycles.